The zero-order chi connectivity index (χ0) is 12.1. The molecule has 4 heteroatoms. The third kappa shape index (κ3) is 3.59. The highest BCUT2D eigenvalue weighted by molar-refractivity contribution is 7.09. The fraction of sp³-hybridized carbons (Fsp3) is 0.667. The van der Waals surface area contributed by atoms with E-state index < -0.39 is 0 Å². The number of aromatic nitrogens is 1. The summed E-state index contributed by atoms with van der Waals surface area (Å²) < 4.78 is 0. The molecule has 0 N–H and O–H groups in total. The lowest BCUT2D eigenvalue weighted by atomic mass is 10.1. The number of hydrogen-bond acceptors (Lipinski definition) is 3. The van der Waals surface area contributed by atoms with Crippen LogP contribution in [0.1, 0.15) is 37.4 Å². The molecule has 1 heterocycles. The van der Waals surface area contributed by atoms with Gasteiger partial charge < -0.3 is 4.90 Å². The summed E-state index contributed by atoms with van der Waals surface area (Å²) >= 11 is 1.63. The number of thiazole rings is 1. The van der Waals surface area contributed by atoms with E-state index in [1.807, 2.05) is 26.3 Å². The van der Waals surface area contributed by atoms with Gasteiger partial charge >= 0.3 is 0 Å². The molecular formula is C12H20N2OS. The van der Waals surface area contributed by atoms with Gasteiger partial charge in [-0.2, -0.15) is 0 Å². The fourth-order valence-corrected chi connectivity index (χ4v) is 2.34. The van der Waals surface area contributed by atoms with Crippen molar-refractivity contribution in [3.63, 3.8) is 0 Å². The highest BCUT2D eigenvalue weighted by atomic mass is 32.1. The maximum atomic E-state index is 11.9. The summed E-state index contributed by atoms with van der Waals surface area (Å²) in [7, 11) is 1.85. The first-order valence-corrected chi connectivity index (χ1v) is 6.58. The smallest absolute Gasteiger partial charge is 0.225 e. The van der Waals surface area contributed by atoms with Crippen LogP contribution in [0.5, 0.6) is 0 Å². The summed E-state index contributed by atoms with van der Waals surface area (Å²) in [5.74, 6) is 0.335. The van der Waals surface area contributed by atoms with Crippen LogP contribution in [0.4, 0.5) is 0 Å². The van der Waals surface area contributed by atoms with Crippen LogP contribution in [0, 0.1) is 12.8 Å². The minimum atomic E-state index is 0.120. The van der Waals surface area contributed by atoms with Crippen LogP contribution in [-0.2, 0) is 11.3 Å². The average molecular weight is 240 g/mol. The quantitative estimate of drug-likeness (QED) is 0.793. The van der Waals surface area contributed by atoms with E-state index in [9.17, 15) is 4.79 Å². The molecule has 90 valence electrons. The Labute approximate surface area is 101 Å². The third-order valence-corrected chi connectivity index (χ3v) is 3.41. The summed E-state index contributed by atoms with van der Waals surface area (Å²) in [6.45, 7) is 6.70. The summed E-state index contributed by atoms with van der Waals surface area (Å²) in [5.41, 5.74) is 0.988. The van der Waals surface area contributed by atoms with Crippen LogP contribution in [0.25, 0.3) is 0 Å². The van der Waals surface area contributed by atoms with Gasteiger partial charge in [-0.1, -0.05) is 20.3 Å². The lowest BCUT2D eigenvalue weighted by Crippen LogP contribution is -2.31. The van der Waals surface area contributed by atoms with Crippen molar-refractivity contribution in [2.45, 2.75) is 40.2 Å². The molecule has 0 saturated heterocycles. The summed E-state index contributed by atoms with van der Waals surface area (Å²) in [6, 6.07) is 0. The number of carbonyl (C=O) groups excluding carboxylic acids is 1. The molecule has 0 fully saturated rings. The van der Waals surface area contributed by atoms with Crippen LogP contribution in [0.15, 0.2) is 5.38 Å². The SMILES string of the molecule is CCCC(C)C(=O)N(C)Cc1csc(C)n1. The van der Waals surface area contributed by atoms with Crippen molar-refractivity contribution in [1.82, 2.24) is 9.88 Å². The van der Waals surface area contributed by atoms with Gasteiger partial charge in [0.2, 0.25) is 5.91 Å². The molecule has 1 aromatic rings. The zero-order valence-corrected chi connectivity index (χ0v) is 11.3. The predicted molar refractivity (Wildman–Crippen MR) is 67.4 cm³/mol. The molecular weight excluding hydrogens is 220 g/mol. The molecule has 1 atom stereocenters. The maximum Gasteiger partial charge on any atom is 0.225 e. The Balaban J connectivity index is 2.51. The van der Waals surface area contributed by atoms with Crippen LogP contribution < -0.4 is 0 Å². The molecule has 0 radical (unpaired) electrons. The summed E-state index contributed by atoms with van der Waals surface area (Å²) in [4.78, 5) is 18.1. The molecule has 1 rings (SSSR count). The van der Waals surface area contributed by atoms with Crippen LogP contribution in [0.2, 0.25) is 0 Å². The molecule has 0 saturated carbocycles. The average Bonchev–Trinajstić information content (AvgIpc) is 2.63. The molecule has 1 unspecified atom stereocenters. The second kappa shape index (κ2) is 5.99. The normalized spacial score (nSPS) is 12.5. The summed E-state index contributed by atoms with van der Waals surface area (Å²) in [6.07, 6.45) is 2.01. The number of hydrogen-bond donors (Lipinski definition) is 0. The van der Waals surface area contributed by atoms with E-state index in [2.05, 4.69) is 11.9 Å². The van der Waals surface area contributed by atoms with Crippen molar-refractivity contribution >= 4 is 17.2 Å². The van der Waals surface area contributed by atoms with Gasteiger partial charge in [-0.3, -0.25) is 4.79 Å². The Hall–Kier alpha value is -0.900. The van der Waals surface area contributed by atoms with Crippen molar-refractivity contribution < 1.29 is 4.79 Å². The van der Waals surface area contributed by atoms with Crippen LogP contribution in [0.3, 0.4) is 0 Å². The van der Waals surface area contributed by atoms with E-state index in [0.29, 0.717) is 6.54 Å². The second-order valence-electron chi connectivity index (χ2n) is 4.24. The molecule has 0 aliphatic heterocycles. The third-order valence-electron chi connectivity index (χ3n) is 2.59. The Bertz CT molecular complexity index is 349. The molecule has 3 nitrogen and oxygen atoms in total. The molecule has 0 bridgehead atoms. The topological polar surface area (TPSA) is 33.2 Å². The number of amides is 1. The van der Waals surface area contributed by atoms with Crippen molar-refractivity contribution in [1.29, 1.82) is 0 Å². The largest absolute Gasteiger partial charge is 0.340 e. The van der Waals surface area contributed by atoms with E-state index in [1.54, 1.807) is 16.2 Å². The molecule has 16 heavy (non-hydrogen) atoms. The molecule has 0 aliphatic carbocycles. The molecule has 0 spiro atoms. The van der Waals surface area contributed by atoms with Gasteiger partial charge in [0.05, 0.1) is 17.2 Å². The van der Waals surface area contributed by atoms with E-state index in [4.69, 9.17) is 0 Å². The van der Waals surface area contributed by atoms with Crippen molar-refractivity contribution in [3.05, 3.63) is 16.1 Å². The fourth-order valence-electron chi connectivity index (χ4n) is 1.73. The predicted octanol–water partition coefficient (Wildman–Crippen LogP) is 2.85. The lowest BCUT2D eigenvalue weighted by molar-refractivity contribution is -0.134. The Kier molecular flexibility index (Phi) is 4.93. The second-order valence-corrected chi connectivity index (χ2v) is 5.30. The van der Waals surface area contributed by atoms with Gasteiger partial charge in [0.15, 0.2) is 0 Å². The lowest BCUT2D eigenvalue weighted by Gasteiger charge is -2.20. The highest BCUT2D eigenvalue weighted by Crippen LogP contribution is 2.13. The number of aryl methyl sites for hydroxylation is 1. The number of nitrogens with zero attached hydrogens (tertiary/aromatic N) is 2. The minimum absolute atomic E-state index is 0.120. The van der Waals surface area contributed by atoms with E-state index in [-0.39, 0.29) is 11.8 Å². The first-order valence-electron chi connectivity index (χ1n) is 5.70. The van der Waals surface area contributed by atoms with Crippen LogP contribution in [-0.4, -0.2) is 22.8 Å². The van der Waals surface area contributed by atoms with E-state index in [1.165, 1.54) is 0 Å². The standard InChI is InChI=1S/C12H20N2OS/c1-5-6-9(2)12(15)14(4)7-11-8-16-10(3)13-11/h8-9H,5-7H2,1-4H3. The Morgan fingerprint density at radius 1 is 1.62 bits per heavy atom. The maximum absolute atomic E-state index is 11.9. The number of carbonyl (C=O) groups is 1. The van der Waals surface area contributed by atoms with Crippen molar-refractivity contribution in [2.24, 2.45) is 5.92 Å². The van der Waals surface area contributed by atoms with Crippen LogP contribution >= 0.6 is 11.3 Å². The summed E-state index contributed by atoms with van der Waals surface area (Å²) in [5, 5.41) is 3.07. The molecule has 1 amide bonds. The monoisotopic (exact) mass is 240 g/mol. The first-order chi connectivity index (χ1) is 7.54. The highest BCUT2D eigenvalue weighted by Gasteiger charge is 2.17. The molecule has 1 aromatic heterocycles. The first kappa shape index (κ1) is 13.2. The Morgan fingerprint density at radius 2 is 2.31 bits per heavy atom. The van der Waals surface area contributed by atoms with Gasteiger partial charge in [0, 0.05) is 18.3 Å². The number of rotatable bonds is 5. The molecule has 0 aliphatic rings. The van der Waals surface area contributed by atoms with E-state index in [0.717, 1.165) is 23.5 Å². The minimum Gasteiger partial charge on any atom is -0.340 e. The van der Waals surface area contributed by atoms with E-state index >= 15 is 0 Å². The van der Waals surface area contributed by atoms with Gasteiger partial charge in [-0.15, -0.1) is 11.3 Å². The Morgan fingerprint density at radius 3 is 2.81 bits per heavy atom. The van der Waals surface area contributed by atoms with Crippen molar-refractivity contribution in [2.75, 3.05) is 7.05 Å². The van der Waals surface area contributed by atoms with Gasteiger partial charge in [0.25, 0.3) is 0 Å². The zero-order valence-electron chi connectivity index (χ0n) is 10.5. The molecule has 0 aromatic carbocycles. The van der Waals surface area contributed by atoms with Gasteiger partial charge in [-0.25, -0.2) is 4.98 Å². The van der Waals surface area contributed by atoms with Gasteiger partial charge in [0.1, 0.15) is 0 Å². The van der Waals surface area contributed by atoms with Crippen molar-refractivity contribution in [3.8, 4) is 0 Å². The van der Waals surface area contributed by atoms with Gasteiger partial charge in [-0.05, 0) is 13.3 Å².